The molecule has 0 spiro atoms. The normalized spacial score (nSPS) is 33.0. The van der Waals surface area contributed by atoms with Gasteiger partial charge in [-0.1, -0.05) is 6.92 Å². The molecule has 2 fully saturated rings. The molecule has 0 bridgehead atoms. The molecule has 42 valence electrons. The van der Waals surface area contributed by atoms with Crippen molar-refractivity contribution in [2.75, 3.05) is 17.3 Å². The molecule has 0 amide bonds. The molecule has 2 rings (SSSR count). The highest BCUT2D eigenvalue weighted by molar-refractivity contribution is 8.06. The van der Waals surface area contributed by atoms with E-state index in [1.54, 1.807) is 0 Å². The average molecular weight is 134 g/mol. The molecule has 0 aromatic heterocycles. The second kappa shape index (κ2) is 2.88. The summed E-state index contributed by atoms with van der Waals surface area (Å²) in [5.74, 6) is 4.24. The summed E-state index contributed by atoms with van der Waals surface area (Å²) in [6.45, 7) is 2.24. The predicted octanol–water partition coefficient (Wildman–Crippen LogP) is 1.85. The van der Waals surface area contributed by atoms with Crippen LogP contribution in [0.3, 0.4) is 0 Å². The SMILES string of the molecule is C1CS1.CC1CS1. The van der Waals surface area contributed by atoms with Crippen molar-refractivity contribution in [1.29, 1.82) is 0 Å². The van der Waals surface area contributed by atoms with Crippen LogP contribution in [-0.2, 0) is 0 Å². The summed E-state index contributed by atoms with van der Waals surface area (Å²) in [5, 5.41) is 1.000. The molecule has 0 saturated carbocycles. The molecule has 1 atom stereocenters. The maximum absolute atomic E-state index is 2.24. The first-order valence-electron chi connectivity index (χ1n) is 2.59. The maximum atomic E-state index is 2.24. The van der Waals surface area contributed by atoms with Crippen molar-refractivity contribution < 1.29 is 0 Å². The van der Waals surface area contributed by atoms with Crippen LogP contribution in [0.1, 0.15) is 6.92 Å². The third kappa shape index (κ3) is 6.70. The number of thioether (sulfide) groups is 2. The van der Waals surface area contributed by atoms with Gasteiger partial charge in [0, 0.05) is 22.5 Å². The minimum Gasteiger partial charge on any atom is -0.160 e. The van der Waals surface area contributed by atoms with Crippen LogP contribution < -0.4 is 0 Å². The topological polar surface area (TPSA) is 0 Å². The van der Waals surface area contributed by atoms with Crippen LogP contribution in [0.4, 0.5) is 0 Å². The smallest absolute Gasteiger partial charge is 0.0110 e. The van der Waals surface area contributed by atoms with E-state index in [1.807, 2.05) is 23.5 Å². The summed E-state index contributed by atoms with van der Waals surface area (Å²) < 4.78 is 0. The molecule has 0 aromatic carbocycles. The van der Waals surface area contributed by atoms with Gasteiger partial charge in [-0.3, -0.25) is 0 Å². The Bertz CT molecular complexity index is 45.3. The van der Waals surface area contributed by atoms with Crippen LogP contribution in [0.25, 0.3) is 0 Å². The zero-order valence-corrected chi connectivity index (χ0v) is 6.15. The highest BCUT2D eigenvalue weighted by Gasteiger charge is 2.13. The molecule has 2 heterocycles. The lowest BCUT2D eigenvalue weighted by Crippen LogP contribution is -1.57. The minimum atomic E-state index is 1.000. The Morgan fingerprint density at radius 2 is 1.71 bits per heavy atom. The fraction of sp³-hybridized carbons (Fsp3) is 1.00. The van der Waals surface area contributed by atoms with E-state index >= 15 is 0 Å². The quantitative estimate of drug-likeness (QED) is 0.464. The molecule has 1 unspecified atom stereocenters. The number of hydrogen-bond acceptors (Lipinski definition) is 2. The predicted molar refractivity (Wildman–Crippen MR) is 39.2 cm³/mol. The molecule has 2 heteroatoms. The second-order valence-corrected chi connectivity index (χ2v) is 4.45. The molecular weight excluding hydrogens is 124 g/mol. The first kappa shape index (κ1) is 5.83. The lowest BCUT2D eigenvalue weighted by molar-refractivity contribution is 1.25. The standard InChI is InChI=1S/C3H6S.C2H4S/c1-3-2-4-3;1-2-3-1/h3H,2H2,1H3;1-2H2. The van der Waals surface area contributed by atoms with Crippen molar-refractivity contribution in [3.05, 3.63) is 0 Å². The van der Waals surface area contributed by atoms with Crippen molar-refractivity contribution >= 4 is 23.5 Å². The second-order valence-electron chi connectivity index (χ2n) is 1.76. The molecule has 0 nitrogen and oxygen atoms in total. The van der Waals surface area contributed by atoms with E-state index in [1.165, 1.54) is 17.3 Å². The van der Waals surface area contributed by atoms with Gasteiger partial charge in [-0.15, -0.1) is 0 Å². The van der Waals surface area contributed by atoms with Gasteiger partial charge in [-0.2, -0.15) is 23.5 Å². The largest absolute Gasteiger partial charge is 0.160 e. The lowest BCUT2D eigenvalue weighted by Gasteiger charge is -1.50. The van der Waals surface area contributed by atoms with Crippen molar-refractivity contribution in [3.8, 4) is 0 Å². The highest BCUT2D eigenvalue weighted by Crippen LogP contribution is 2.28. The van der Waals surface area contributed by atoms with E-state index in [0.717, 1.165) is 5.25 Å². The van der Waals surface area contributed by atoms with Gasteiger partial charge in [0.1, 0.15) is 0 Å². The Hall–Kier alpha value is 0.700. The van der Waals surface area contributed by atoms with Crippen molar-refractivity contribution in [1.82, 2.24) is 0 Å². The summed E-state index contributed by atoms with van der Waals surface area (Å²) >= 11 is 4.02. The van der Waals surface area contributed by atoms with Gasteiger partial charge in [-0.25, -0.2) is 0 Å². The fourth-order valence-corrected chi connectivity index (χ4v) is 0.289. The van der Waals surface area contributed by atoms with Crippen molar-refractivity contribution in [3.63, 3.8) is 0 Å². The Kier molecular flexibility index (Phi) is 2.40. The number of rotatable bonds is 0. The van der Waals surface area contributed by atoms with Gasteiger partial charge >= 0.3 is 0 Å². The summed E-state index contributed by atoms with van der Waals surface area (Å²) in [4.78, 5) is 0. The molecule has 2 saturated heterocycles. The summed E-state index contributed by atoms with van der Waals surface area (Å²) in [6, 6.07) is 0. The van der Waals surface area contributed by atoms with Gasteiger partial charge in [0.2, 0.25) is 0 Å². The lowest BCUT2D eigenvalue weighted by atomic mass is 10.6. The average Bonchev–Trinajstić information content (AvgIpc) is 2.27. The van der Waals surface area contributed by atoms with E-state index in [2.05, 4.69) is 6.92 Å². The van der Waals surface area contributed by atoms with E-state index in [0.29, 0.717) is 0 Å². The first-order chi connectivity index (χ1) is 3.39. The summed E-state index contributed by atoms with van der Waals surface area (Å²) in [6.07, 6.45) is 0. The van der Waals surface area contributed by atoms with E-state index in [-0.39, 0.29) is 0 Å². The van der Waals surface area contributed by atoms with Gasteiger partial charge in [0.05, 0.1) is 0 Å². The molecule has 0 aromatic rings. The zero-order valence-electron chi connectivity index (χ0n) is 4.52. The third-order valence-electron chi connectivity index (χ3n) is 0.704. The summed E-state index contributed by atoms with van der Waals surface area (Å²) in [7, 11) is 0. The molecule has 2 aliphatic rings. The van der Waals surface area contributed by atoms with Gasteiger partial charge in [-0.05, 0) is 0 Å². The van der Waals surface area contributed by atoms with Crippen molar-refractivity contribution in [2.45, 2.75) is 12.2 Å². The van der Waals surface area contributed by atoms with Crippen LogP contribution in [0.15, 0.2) is 0 Å². The molecule has 7 heavy (non-hydrogen) atoms. The highest BCUT2D eigenvalue weighted by atomic mass is 32.2. The van der Waals surface area contributed by atoms with Crippen LogP contribution in [0.2, 0.25) is 0 Å². The van der Waals surface area contributed by atoms with Crippen LogP contribution in [0, 0.1) is 0 Å². The van der Waals surface area contributed by atoms with Crippen LogP contribution in [-0.4, -0.2) is 22.5 Å². The van der Waals surface area contributed by atoms with E-state index in [9.17, 15) is 0 Å². The molecule has 0 N–H and O–H groups in total. The van der Waals surface area contributed by atoms with Crippen LogP contribution in [0.5, 0.6) is 0 Å². The first-order valence-corrected chi connectivity index (χ1v) is 4.79. The number of hydrogen-bond donors (Lipinski definition) is 0. The Morgan fingerprint density at radius 1 is 1.43 bits per heavy atom. The van der Waals surface area contributed by atoms with Gasteiger partial charge in [0.25, 0.3) is 0 Å². The molecule has 0 radical (unpaired) electrons. The van der Waals surface area contributed by atoms with Crippen molar-refractivity contribution in [2.24, 2.45) is 0 Å². The Balaban J connectivity index is 0.0000000729. The molecule has 2 aliphatic heterocycles. The molecular formula is C5H10S2. The summed E-state index contributed by atoms with van der Waals surface area (Å²) in [5.41, 5.74) is 0. The third-order valence-corrected chi connectivity index (χ3v) is 2.11. The Morgan fingerprint density at radius 3 is 1.71 bits per heavy atom. The monoisotopic (exact) mass is 134 g/mol. The van der Waals surface area contributed by atoms with E-state index < -0.39 is 0 Å². The zero-order chi connectivity index (χ0) is 5.11. The Labute approximate surface area is 53.4 Å². The van der Waals surface area contributed by atoms with Crippen LogP contribution >= 0.6 is 23.5 Å². The van der Waals surface area contributed by atoms with E-state index in [4.69, 9.17) is 0 Å². The van der Waals surface area contributed by atoms with Gasteiger partial charge in [0.15, 0.2) is 0 Å². The maximum Gasteiger partial charge on any atom is 0.0110 e. The molecule has 0 aliphatic carbocycles. The van der Waals surface area contributed by atoms with Gasteiger partial charge < -0.3 is 0 Å². The minimum absolute atomic E-state index is 1.000. The fourth-order valence-electron chi connectivity index (χ4n) is 0.0962.